The fourth-order valence-electron chi connectivity index (χ4n) is 9.66. The maximum absolute atomic E-state index is 9.44. The highest BCUT2D eigenvalue weighted by atomic mass is 32.1. The summed E-state index contributed by atoms with van der Waals surface area (Å²) in [5.41, 5.74) is 6.52. The molecule has 0 saturated heterocycles. The van der Waals surface area contributed by atoms with Gasteiger partial charge in [-0.05, 0) is 129 Å². The minimum absolute atomic E-state index is 0.587. The molecule has 0 aliphatic rings. The Bertz CT molecular complexity index is 3990. The van der Waals surface area contributed by atoms with E-state index < -0.39 is 0 Å². The number of aromatic nitrogens is 3. The Hall–Kier alpha value is -8.30. The van der Waals surface area contributed by atoms with Crippen molar-refractivity contribution in [2.24, 2.45) is 0 Å². The normalized spacial score (nSPS) is 11.8. The summed E-state index contributed by atoms with van der Waals surface area (Å²) >= 11 is 1.80. The van der Waals surface area contributed by atoms with E-state index in [0.29, 0.717) is 23.0 Å². The van der Waals surface area contributed by atoms with Crippen molar-refractivity contribution >= 4 is 86.1 Å². The minimum Gasteiger partial charge on any atom is -0.208 e. The number of benzene rings is 10. The summed E-state index contributed by atoms with van der Waals surface area (Å²) in [6, 6.07) is 71.2. The third-order valence-electron chi connectivity index (χ3n) is 12.6. The Morgan fingerprint density at radius 3 is 1.49 bits per heavy atom. The van der Waals surface area contributed by atoms with Crippen LogP contribution in [0.25, 0.3) is 130 Å². The Balaban J connectivity index is 1.06. The maximum atomic E-state index is 9.44. The van der Waals surface area contributed by atoms with Crippen molar-refractivity contribution < 1.29 is 0 Å². The van der Waals surface area contributed by atoms with Gasteiger partial charge in [-0.25, -0.2) is 15.0 Å². The summed E-state index contributed by atoms with van der Waals surface area (Å²) in [6.07, 6.45) is 0. The van der Waals surface area contributed by atoms with Gasteiger partial charge in [0.05, 0.1) is 11.6 Å². The summed E-state index contributed by atoms with van der Waals surface area (Å²) in [5, 5.41) is 25.3. The number of fused-ring (bicyclic) bond motifs is 3. The van der Waals surface area contributed by atoms with Crippen LogP contribution in [0.5, 0.6) is 0 Å². The van der Waals surface area contributed by atoms with E-state index >= 15 is 0 Å². The van der Waals surface area contributed by atoms with Gasteiger partial charge in [0.25, 0.3) is 0 Å². The molecular weight excluding hydrogens is 785 g/mol. The van der Waals surface area contributed by atoms with Crippen LogP contribution in [0, 0.1) is 11.3 Å². The van der Waals surface area contributed by atoms with E-state index in [9.17, 15) is 5.26 Å². The van der Waals surface area contributed by atoms with Gasteiger partial charge in [-0.2, -0.15) is 5.26 Å². The summed E-state index contributed by atoms with van der Waals surface area (Å²) in [6.45, 7) is 0. The molecule has 0 fully saturated rings. The molecule has 13 aromatic rings. The molecule has 4 nitrogen and oxygen atoms in total. The molecule has 0 unspecified atom stereocenters. The molecule has 13 rings (SSSR count). The lowest BCUT2D eigenvalue weighted by Gasteiger charge is -2.17. The largest absolute Gasteiger partial charge is 0.208 e. The Labute approximate surface area is 366 Å². The molecule has 11 aromatic carbocycles. The molecule has 0 amide bonds. The van der Waals surface area contributed by atoms with Crippen molar-refractivity contribution in [3.63, 3.8) is 0 Å². The lowest BCUT2D eigenvalue weighted by atomic mass is 9.87. The van der Waals surface area contributed by atoms with Crippen LogP contribution in [0.2, 0.25) is 0 Å². The van der Waals surface area contributed by atoms with Crippen LogP contribution in [0.15, 0.2) is 194 Å². The first-order valence-corrected chi connectivity index (χ1v) is 21.9. The van der Waals surface area contributed by atoms with Crippen LogP contribution in [-0.4, -0.2) is 15.0 Å². The number of thiophene rings is 1. The van der Waals surface area contributed by atoms with Crippen LogP contribution in [-0.2, 0) is 0 Å². The summed E-state index contributed by atoms with van der Waals surface area (Å²) in [5.74, 6) is 1.79. The standard InChI is InChI=1S/C58H32N4S/c59-33-34-17-19-35(20-18-34)41-11-3-12-44(29-41)57-60-56(40-26-21-36(22-27-40)51-32-42-7-1-2-16-50(42)63-51)61-58(62-57)45-30-43-28-25-39-9-5-14-47-46-13-4-8-37-23-24-38-10-6-15-48(54(38)52(37)46)49(31-45)55(43)53(39)47/h1-32H. The highest BCUT2D eigenvalue weighted by Gasteiger charge is 2.19. The van der Waals surface area contributed by atoms with Crippen molar-refractivity contribution in [1.29, 1.82) is 5.26 Å². The second-order valence-electron chi connectivity index (χ2n) is 16.3. The average molecular weight is 817 g/mol. The molecule has 0 atom stereocenters. The molecule has 63 heavy (non-hydrogen) atoms. The molecule has 0 bridgehead atoms. The molecule has 0 aliphatic heterocycles. The predicted octanol–water partition coefficient (Wildman–Crippen LogP) is 15.6. The first kappa shape index (κ1) is 35.5. The van der Waals surface area contributed by atoms with Crippen molar-refractivity contribution in [2.45, 2.75) is 0 Å². The highest BCUT2D eigenvalue weighted by Crippen LogP contribution is 2.44. The van der Waals surface area contributed by atoms with E-state index in [1.54, 1.807) is 11.3 Å². The SMILES string of the molecule is N#Cc1ccc(-c2cccc(-c3nc(-c4ccc(-c5cc6ccccc6s5)cc4)nc(-c4cc5ccc6cccc7c8cccc9ccc%10cccc(c(c4)c5c67)c%10c98)n3)c2)cc1. The zero-order chi connectivity index (χ0) is 41.6. The Morgan fingerprint density at radius 2 is 0.841 bits per heavy atom. The van der Waals surface area contributed by atoms with Crippen molar-refractivity contribution in [3.05, 3.63) is 200 Å². The number of rotatable bonds is 5. The van der Waals surface area contributed by atoms with E-state index in [4.69, 9.17) is 15.0 Å². The third kappa shape index (κ3) is 5.70. The van der Waals surface area contributed by atoms with E-state index in [1.165, 1.54) is 68.8 Å². The second kappa shape index (κ2) is 13.9. The van der Waals surface area contributed by atoms with Gasteiger partial charge in [0.15, 0.2) is 17.5 Å². The van der Waals surface area contributed by atoms with E-state index in [0.717, 1.165) is 44.2 Å². The van der Waals surface area contributed by atoms with Gasteiger partial charge in [0.2, 0.25) is 0 Å². The zero-order valence-electron chi connectivity index (χ0n) is 33.7. The van der Waals surface area contributed by atoms with Crippen LogP contribution in [0.3, 0.4) is 0 Å². The van der Waals surface area contributed by atoms with Gasteiger partial charge >= 0.3 is 0 Å². The Kier molecular flexibility index (Phi) is 7.81. The Morgan fingerprint density at radius 1 is 0.333 bits per heavy atom. The van der Waals surface area contributed by atoms with Crippen LogP contribution in [0.4, 0.5) is 0 Å². The van der Waals surface area contributed by atoms with Gasteiger partial charge in [-0.15, -0.1) is 11.3 Å². The predicted molar refractivity (Wildman–Crippen MR) is 263 cm³/mol. The van der Waals surface area contributed by atoms with E-state index in [1.807, 2.05) is 30.3 Å². The topological polar surface area (TPSA) is 62.5 Å². The molecule has 0 saturated carbocycles. The van der Waals surface area contributed by atoms with Gasteiger partial charge in [-0.1, -0.05) is 152 Å². The van der Waals surface area contributed by atoms with Gasteiger partial charge in [0.1, 0.15) is 0 Å². The summed E-state index contributed by atoms with van der Waals surface area (Å²) in [7, 11) is 0. The van der Waals surface area contributed by atoms with Crippen molar-refractivity contribution in [1.82, 2.24) is 15.0 Å². The molecule has 0 spiro atoms. The molecule has 0 radical (unpaired) electrons. The quantitative estimate of drug-likeness (QED) is 0.162. The van der Waals surface area contributed by atoms with Gasteiger partial charge in [0, 0.05) is 26.3 Å². The number of nitriles is 1. The summed E-state index contributed by atoms with van der Waals surface area (Å²) < 4.78 is 1.27. The molecule has 2 heterocycles. The lowest BCUT2D eigenvalue weighted by molar-refractivity contribution is 1.07. The van der Waals surface area contributed by atoms with Crippen LogP contribution in [0.1, 0.15) is 5.56 Å². The lowest BCUT2D eigenvalue weighted by Crippen LogP contribution is -2.00. The first-order chi connectivity index (χ1) is 31.1. The van der Waals surface area contributed by atoms with Gasteiger partial charge < -0.3 is 0 Å². The molecule has 290 valence electrons. The number of hydrogen-bond acceptors (Lipinski definition) is 5. The van der Waals surface area contributed by atoms with E-state index in [2.05, 4.69) is 170 Å². The fraction of sp³-hybridized carbons (Fsp3) is 0. The first-order valence-electron chi connectivity index (χ1n) is 21.1. The fourth-order valence-corrected chi connectivity index (χ4v) is 10.7. The van der Waals surface area contributed by atoms with Crippen molar-refractivity contribution in [3.8, 4) is 61.8 Å². The van der Waals surface area contributed by atoms with E-state index in [-0.39, 0.29) is 0 Å². The molecule has 2 aromatic heterocycles. The molecular formula is C58H32N4S. The second-order valence-corrected chi connectivity index (χ2v) is 17.3. The average Bonchev–Trinajstić information content (AvgIpc) is 3.79. The highest BCUT2D eigenvalue weighted by molar-refractivity contribution is 7.22. The maximum Gasteiger partial charge on any atom is 0.164 e. The van der Waals surface area contributed by atoms with Gasteiger partial charge in [-0.3, -0.25) is 0 Å². The van der Waals surface area contributed by atoms with Crippen molar-refractivity contribution in [2.75, 3.05) is 0 Å². The molecule has 0 aliphatic carbocycles. The smallest absolute Gasteiger partial charge is 0.164 e. The zero-order valence-corrected chi connectivity index (χ0v) is 34.5. The molecule has 0 N–H and O–H groups in total. The third-order valence-corrected chi connectivity index (χ3v) is 13.8. The van der Waals surface area contributed by atoms with Crippen LogP contribution >= 0.6 is 11.3 Å². The monoisotopic (exact) mass is 816 g/mol. The number of nitrogens with zero attached hydrogens (tertiary/aromatic N) is 4. The number of hydrogen-bond donors (Lipinski definition) is 0. The molecule has 5 heteroatoms. The summed E-state index contributed by atoms with van der Waals surface area (Å²) in [4.78, 5) is 17.0. The van der Waals surface area contributed by atoms with Crippen LogP contribution < -0.4 is 0 Å². The minimum atomic E-state index is 0.587.